The van der Waals surface area contributed by atoms with Gasteiger partial charge in [-0.2, -0.15) is 0 Å². The van der Waals surface area contributed by atoms with Crippen LogP contribution < -0.4 is 5.73 Å². The third-order valence-electron chi connectivity index (χ3n) is 4.75. The first kappa shape index (κ1) is 12.6. The standard InChI is InChI=1S/C16H25N/c1-3-14(4-2)16(12-17)11-7-9-13-8-5-6-10-15(13)16/h5-6,8,10,14H,3-4,7,9,11-12,17H2,1-2H3. The van der Waals surface area contributed by atoms with Gasteiger partial charge in [0.1, 0.15) is 0 Å². The molecular formula is C16H25N. The van der Waals surface area contributed by atoms with Crippen molar-refractivity contribution in [2.24, 2.45) is 11.7 Å². The van der Waals surface area contributed by atoms with Crippen LogP contribution >= 0.6 is 0 Å². The molecule has 1 aliphatic carbocycles. The molecular weight excluding hydrogens is 206 g/mol. The van der Waals surface area contributed by atoms with Crippen molar-refractivity contribution in [1.82, 2.24) is 0 Å². The first-order valence-electron chi connectivity index (χ1n) is 7.07. The Morgan fingerprint density at radius 1 is 1.24 bits per heavy atom. The summed E-state index contributed by atoms with van der Waals surface area (Å²) < 4.78 is 0. The second kappa shape index (κ2) is 5.22. The maximum Gasteiger partial charge on any atom is 0.0106 e. The highest BCUT2D eigenvalue weighted by molar-refractivity contribution is 5.38. The van der Waals surface area contributed by atoms with Crippen molar-refractivity contribution < 1.29 is 0 Å². The van der Waals surface area contributed by atoms with E-state index in [0.717, 1.165) is 12.5 Å². The predicted octanol–water partition coefficient (Wildman–Crippen LogP) is 3.66. The van der Waals surface area contributed by atoms with Gasteiger partial charge in [-0.3, -0.25) is 0 Å². The lowest BCUT2D eigenvalue weighted by Crippen LogP contribution is -2.44. The quantitative estimate of drug-likeness (QED) is 0.841. The Morgan fingerprint density at radius 3 is 2.59 bits per heavy atom. The minimum absolute atomic E-state index is 0.248. The Labute approximate surface area is 105 Å². The molecule has 1 aromatic carbocycles. The number of aryl methyl sites for hydroxylation is 1. The van der Waals surface area contributed by atoms with Gasteiger partial charge in [-0.15, -0.1) is 0 Å². The molecule has 1 nitrogen and oxygen atoms in total. The maximum absolute atomic E-state index is 6.21. The SMILES string of the molecule is CCC(CC)C1(CN)CCCc2ccccc21. The maximum atomic E-state index is 6.21. The van der Waals surface area contributed by atoms with Crippen LogP contribution in [0, 0.1) is 5.92 Å². The van der Waals surface area contributed by atoms with Crippen LogP contribution in [-0.2, 0) is 11.8 Å². The van der Waals surface area contributed by atoms with E-state index in [4.69, 9.17) is 5.73 Å². The van der Waals surface area contributed by atoms with Crippen LogP contribution in [0.3, 0.4) is 0 Å². The summed E-state index contributed by atoms with van der Waals surface area (Å²) in [5.41, 5.74) is 9.54. The van der Waals surface area contributed by atoms with Gasteiger partial charge in [-0.05, 0) is 36.3 Å². The summed E-state index contributed by atoms with van der Waals surface area (Å²) in [6.45, 7) is 5.42. The summed E-state index contributed by atoms with van der Waals surface area (Å²) in [6, 6.07) is 8.95. The van der Waals surface area contributed by atoms with E-state index < -0.39 is 0 Å². The van der Waals surface area contributed by atoms with Crippen LogP contribution in [0.15, 0.2) is 24.3 Å². The van der Waals surface area contributed by atoms with Crippen molar-refractivity contribution in [3.8, 4) is 0 Å². The van der Waals surface area contributed by atoms with Gasteiger partial charge in [0.05, 0.1) is 0 Å². The predicted molar refractivity (Wildman–Crippen MR) is 74.2 cm³/mol. The van der Waals surface area contributed by atoms with Crippen LogP contribution in [0.4, 0.5) is 0 Å². The molecule has 1 atom stereocenters. The largest absolute Gasteiger partial charge is 0.330 e. The van der Waals surface area contributed by atoms with Crippen molar-refractivity contribution in [3.63, 3.8) is 0 Å². The fourth-order valence-corrected chi connectivity index (χ4v) is 3.83. The van der Waals surface area contributed by atoms with Crippen molar-refractivity contribution >= 4 is 0 Å². The van der Waals surface area contributed by atoms with E-state index in [1.54, 1.807) is 5.56 Å². The third-order valence-corrected chi connectivity index (χ3v) is 4.75. The molecule has 0 radical (unpaired) electrons. The topological polar surface area (TPSA) is 26.0 Å². The minimum atomic E-state index is 0.248. The van der Waals surface area contributed by atoms with Crippen LogP contribution in [-0.4, -0.2) is 6.54 Å². The van der Waals surface area contributed by atoms with Crippen molar-refractivity contribution in [3.05, 3.63) is 35.4 Å². The smallest absolute Gasteiger partial charge is 0.0106 e. The normalized spacial score (nSPS) is 23.8. The molecule has 0 aromatic heterocycles. The average molecular weight is 231 g/mol. The van der Waals surface area contributed by atoms with E-state index in [2.05, 4.69) is 38.1 Å². The summed E-state index contributed by atoms with van der Waals surface area (Å²) in [5, 5.41) is 0. The van der Waals surface area contributed by atoms with Crippen LogP contribution in [0.2, 0.25) is 0 Å². The Kier molecular flexibility index (Phi) is 3.88. The average Bonchev–Trinajstić information content (AvgIpc) is 2.40. The molecule has 0 spiro atoms. The molecule has 1 aromatic rings. The molecule has 0 bridgehead atoms. The summed E-state index contributed by atoms with van der Waals surface area (Å²) in [6.07, 6.45) is 6.28. The van der Waals surface area contributed by atoms with Gasteiger partial charge >= 0.3 is 0 Å². The molecule has 1 heteroatoms. The van der Waals surface area contributed by atoms with Crippen LogP contribution in [0.5, 0.6) is 0 Å². The number of nitrogens with two attached hydrogens (primary N) is 1. The van der Waals surface area contributed by atoms with Gasteiger partial charge in [-0.1, -0.05) is 51.0 Å². The van der Waals surface area contributed by atoms with E-state index >= 15 is 0 Å². The number of benzene rings is 1. The van der Waals surface area contributed by atoms with Crippen LogP contribution in [0.25, 0.3) is 0 Å². The molecule has 1 aliphatic rings. The fourth-order valence-electron chi connectivity index (χ4n) is 3.83. The number of fused-ring (bicyclic) bond motifs is 1. The number of hydrogen-bond donors (Lipinski definition) is 1. The first-order valence-corrected chi connectivity index (χ1v) is 7.07. The molecule has 17 heavy (non-hydrogen) atoms. The zero-order chi connectivity index (χ0) is 12.3. The monoisotopic (exact) mass is 231 g/mol. The van der Waals surface area contributed by atoms with Gasteiger partial charge in [0.15, 0.2) is 0 Å². The first-order chi connectivity index (χ1) is 8.28. The highest BCUT2D eigenvalue weighted by Gasteiger charge is 2.40. The second-order valence-electron chi connectivity index (χ2n) is 5.38. The summed E-state index contributed by atoms with van der Waals surface area (Å²) in [7, 11) is 0. The van der Waals surface area contributed by atoms with Gasteiger partial charge < -0.3 is 5.73 Å². The summed E-state index contributed by atoms with van der Waals surface area (Å²) in [4.78, 5) is 0. The lowest BCUT2D eigenvalue weighted by molar-refractivity contribution is 0.223. The van der Waals surface area contributed by atoms with E-state index in [9.17, 15) is 0 Å². The van der Waals surface area contributed by atoms with E-state index in [0.29, 0.717) is 0 Å². The Morgan fingerprint density at radius 2 is 1.94 bits per heavy atom. The molecule has 0 saturated heterocycles. The molecule has 0 fully saturated rings. The molecule has 0 amide bonds. The zero-order valence-corrected chi connectivity index (χ0v) is 11.2. The van der Waals surface area contributed by atoms with E-state index in [-0.39, 0.29) is 5.41 Å². The van der Waals surface area contributed by atoms with E-state index in [1.165, 1.54) is 37.7 Å². The molecule has 0 saturated carbocycles. The second-order valence-corrected chi connectivity index (χ2v) is 5.38. The third kappa shape index (κ3) is 2.01. The highest BCUT2D eigenvalue weighted by atomic mass is 14.6. The van der Waals surface area contributed by atoms with Crippen LogP contribution in [0.1, 0.15) is 50.7 Å². The Bertz CT molecular complexity index is 368. The molecule has 2 N–H and O–H groups in total. The van der Waals surface area contributed by atoms with E-state index in [1.807, 2.05) is 0 Å². The van der Waals surface area contributed by atoms with Crippen molar-refractivity contribution in [2.75, 3.05) is 6.54 Å². The minimum Gasteiger partial charge on any atom is -0.330 e. The van der Waals surface area contributed by atoms with Gasteiger partial charge in [0.25, 0.3) is 0 Å². The molecule has 2 rings (SSSR count). The molecule has 94 valence electrons. The van der Waals surface area contributed by atoms with Gasteiger partial charge in [0.2, 0.25) is 0 Å². The molecule has 0 aliphatic heterocycles. The summed E-state index contributed by atoms with van der Waals surface area (Å²) >= 11 is 0. The lowest BCUT2D eigenvalue weighted by atomic mass is 9.61. The molecule has 0 heterocycles. The Balaban J connectivity index is 2.48. The van der Waals surface area contributed by atoms with Crippen molar-refractivity contribution in [1.29, 1.82) is 0 Å². The molecule has 1 unspecified atom stereocenters. The van der Waals surface area contributed by atoms with Gasteiger partial charge in [0, 0.05) is 12.0 Å². The Hall–Kier alpha value is -0.820. The lowest BCUT2D eigenvalue weighted by Gasteiger charge is -2.44. The highest BCUT2D eigenvalue weighted by Crippen LogP contribution is 2.44. The fraction of sp³-hybridized carbons (Fsp3) is 0.625. The number of hydrogen-bond acceptors (Lipinski definition) is 1. The van der Waals surface area contributed by atoms with Crippen molar-refractivity contribution in [2.45, 2.75) is 51.4 Å². The summed E-state index contributed by atoms with van der Waals surface area (Å²) in [5.74, 6) is 0.731. The van der Waals surface area contributed by atoms with Gasteiger partial charge in [-0.25, -0.2) is 0 Å². The zero-order valence-electron chi connectivity index (χ0n) is 11.2. The number of rotatable bonds is 4.